The molecular weight excluding hydrogens is 172 g/mol. The largest absolute Gasteiger partial charge is 0.464 e. The number of rotatable bonds is 2. The number of hydrogen-bond donors (Lipinski definition) is 1. The van der Waals surface area contributed by atoms with Gasteiger partial charge in [0, 0.05) is 5.41 Å². The molecule has 0 spiro atoms. The summed E-state index contributed by atoms with van der Waals surface area (Å²) in [6.07, 6.45) is 0. The molecule has 0 amide bonds. The summed E-state index contributed by atoms with van der Waals surface area (Å²) < 4.78 is 9.89. The van der Waals surface area contributed by atoms with Gasteiger partial charge in [-0.2, -0.15) is 0 Å². The minimum Gasteiger partial charge on any atom is -0.464 e. The zero-order chi connectivity index (χ0) is 10.1. The highest BCUT2D eigenvalue weighted by Gasteiger charge is 2.55. The van der Waals surface area contributed by atoms with Crippen molar-refractivity contribution in [2.75, 3.05) is 19.8 Å². The van der Waals surface area contributed by atoms with E-state index in [1.807, 2.05) is 0 Å². The summed E-state index contributed by atoms with van der Waals surface area (Å²) in [5.41, 5.74) is -2.05. The SMILES string of the molecule is CCOC(=O)C1(O)COCC1(C)C. The van der Waals surface area contributed by atoms with Crippen molar-refractivity contribution < 1.29 is 19.4 Å². The average molecular weight is 188 g/mol. The van der Waals surface area contributed by atoms with E-state index in [9.17, 15) is 9.90 Å². The normalized spacial score (nSPS) is 31.7. The smallest absolute Gasteiger partial charge is 0.341 e. The number of carbonyl (C=O) groups is 1. The quantitative estimate of drug-likeness (QED) is 0.635. The van der Waals surface area contributed by atoms with Gasteiger partial charge in [0.15, 0.2) is 5.60 Å². The highest BCUT2D eigenvalue weighted by atomic mass is 16.6. The van der Waals surface area contributed by atoms with Crippen molar-refractivity contribution in [1.82, 2.24) is 0 Å². The van der Waals surface area contributed by atoms with E-state index in [2.05, 4.69) is 0 Å². The van der Waals surface area contributed by atoms with Crippen LogP contribution in [0.15, 0.2) is 0 Å². The van der Waals surface area contributed by atoms with Crippen molar-refractivity contribution in [3.05, 3.63) is 0 Å². The van der Waals surface area contributed by atoms with E-state index >= 15 is 0 Å². The minimum atomic E-state index is -1.48. The number of esters is 1. The van der Waals surface area contributed by atoms with E-state index in [1.165, 1.54) is 0 Å². The molecular formula is C9H16O4. The van der Waals surface area contributed by atoms with Crippen LogP contribution in [0.1, 0.15) is 20.8 Å². The van der Waals surface area contributed by atoms with E-state index < -0.39 is 17.0 Å². The van der Waals surface area contributed by atoms with Gasteiger partial charge >= 0.3 is 5.97 Å². The summed E-state index contributed by atoms with van der Waals surface area (Å²) in [5.74, 6) is -0.586. The maximum atomic E-state index is 11.4. The van der Waals surface area contributed by atoms with Gasteiger partial charge in [-0.15, -0.1) is 0 Å². The lowest BCUT2D eigenvalue weighted by molar-refractivity contribution is -0.173. The molecule has 0 radical (unpaired) electrons. The fraction of sp³-hybridized carbons (Fsp3) is 0.889. The van der Waals surface area contributed by atoms with Crippen LogP contribution in [0.3, 0.4) is 0 Å². The Kier molecular flexibility index (Phi) is 2.63. The molecule has 1 heterocycles. The first-order chi connectivity index (χ1) is 5.94. The first-order valence-corrected chi connectivity index (χ1v) is 4.41. The molecule has 4 heteroatoms. The van der Waals surface area contributed by atoms with Gasteiger partial charge in [-0.05, 0) is 6.92 Å². The van der Waals surface area contributed by atoms with Gasteiger partial charge in [0.25, 0.3) is 0 Å². The van der Waals surface area contributed by atoms with Gasteiger partial charge in [-0.1, -0.05) is 13.8 Å². The number of carbonyl (C=O) groups excluding carboxylic acids is 1. The Morgan fingerprint density at radius 2 is 2.15 bits per heavy atom. The molecule has 4 nitrogen and oxygen atoms in total. The molecule has 0 aromatic rings. The molecule has 0 aromatic carbocycles. The van der Waals surface area contributed by atoms with Crippen LogP contribution in [-0.4, -0.2) is 36.5 Å². The van der Waals surface area contributed by atoms with E-state index in [0.717, 1.165) is 0 Å². The number of ether oxygens (including phenoxy) is 2. The van der Waals surface area contributed by atoms with Crippen molar-refractivity contribution in [3.63, 3.8) is 0 Å². The van der Waals surface area contributed by atoms with E-state index in [-0.39, 0.29) is 13.2 Å². The second kappa shape index (κ2) is 3.27. The van der Waals surface area contributed by atoms with Crippen molar-refractivity contribution >= 4 is 5.97 Å². The first-order valence-electron chi connectivity index (χ1n) is 4.41. The maximum absolute atomic E-state index is 11.4. The Bertz CT molecular complexity index is 212. The first kappa shape index (κ1) is 10.5. The Morgan fingerprint density at radius 1 is 1.54 bits per heavy atom. The molecule has 1 aliphatic rings. The highest BCUT2D eigenvalue weighted by Crippen LogP contribution is 2.37. The van der Waals surface area contributed by atoms with Crippen LogP contribution < -0.4 is 0 Å². The standard InChI is InChI=1S/C9H16O4/c1-4-13-7(10)9(11)6-12-5-8(9,2)3/h11H,4-6H2,1-3H3. The lowest BCUT2D eigenvalue weighted by Gasteiger charge is -2.31. The van der Waals surface area contributed by atoms with Crippen molar-refractivity contribution in [2.45, 2.75) is 26.4 Å². The Hall–Kier alpha value is -0.610. The van der Waals surface area contributed by atoms with Crippen LogP contribution in [0.2, 0.25) is 0 Å². The summed E-state index contributed by atoms with van der Waals surface area (Å²) in [5, 5.41) is 10.0. The summed E-state index contributed by atoms with van der Waals surface area (Å²) in [7, 11) is 0. The van der Waals surface area contributed by atoms with E-state index in [4.69, 9.17) is 9.47 Å². The fourth-order valence-electron chi connectivity index (χ4n) is 1.35. The fourth-order valence-corrected chi connectivity index (χ4v) is 1.35. The van der Waals surface area contributed by atoms with Crippen LogP contribution in [-0.2, 0) is 14.3 Å². The van der Waals surface area contributed by atoms with Gasteiger partial charge < -0.3 is 14.6 Å². The van der Waals surface area contributed by atoms with E-state index in [1.54, 1.807) is 20.8 Å². The monoisotopic (exact) mass is 188 g/mol. The number of aliphatic hydroxyl groups is 1. The van der Waals surface area contributed by atoms with Gasteiger partial charge in [0.2, 0.25) is 0 Å². The molecule has 0 bridgehead atoms. The zero-order valence-electron chi connectivity index (χ0n) is 8.29. The molecule has 1 rings (SSSR count). The van der Waals surface area contributed by atoms with Crippen LogP contribution >= 0.6 is 0 Å². The summed E-state index contributed by atoms with van der Waals surface area (Å²) in [4.78, 5) is 11.4. The topological polar surface area (TPSA) is 55.8 Å². The maximum Gasteiger partial charge on any atom is 0.341 e. The summed E-state index contributed by atoms with van der Waals surface area (Å²) >= 11 is 0. The molecule has 1 N–H and O–H groups in total. The molecule has 1 aliphatic heterocycles. The molecule has 13 heavy (non-hydrogen) atoms. The van der Waals surface area contributed by atoms with Crippen molar-refractivity contribution in [1.29, 1.82) is 0 Å². The predicted octanol–water partition coefficient (Wildman–Crippen LogP) is 0.337. The Morgan fingerprint density at radius 3 is 2.54 bits per heavy atom. The van der Waals surface area contributed by atoms with Gasteiger partial charge in [0.1, 0.15) is 0 Å². The zero-order valence-corrected chi connectivity index (χ0v) is 8.29. The van der Waals surface area contributed by atoms with Gasteiger partial charge in [0.05, 0.1) is 19.8 Å². The third-order valence-corrected chi connectivity index (χ3v) is 2.51. The van der Waals surface area contributed by atoms with Crippen LogP contribution in [0, 0.1) is 5.41 Å². The molecule has 1 atom stereocenters. The third-order valence-electron chi connectivity index (χ3n) is 2.51. The molecule has 1 unspecified atom stereocenters. The molecule has 0 aliphatic carbocycles. The molecule has 0 saturated carbocycles. The van der Waals surface area contributed by atoms with Crippen molar-refractivity contribution in [3.8, 4) is 0 Å². The third kappa shape index (κ3) is 1.56. The molecule has 76 valence electrons. The lowest BCUT2D eigenvalue weighted by atomic mass is 9.78. The summed E-state index contributed by atoms with van der Waals surface area (Å²) in [6, 6.07) is 0. The highest BCUT2D eigenvalue weighted by molar-refractivity contribution is 5.81. The second-order valence-corrected chi connectivity index (χ2v) is 3.96. The minimum absolute atomic E-state index is 0.0266. The van der Waals surface area contributed by atoms with Crippen LogP contribution in [0.25, 0.3) is 0 Å². The van der Waals surface area contributed by atoms with E-state index in [0.29, 0.717) is 6.61 Å². The van der Waals surface area contributed by atoms with Crippen LogP contribution in [0.4, 0.5) is 0 Å². The van der Waals surface area contributed by atoms with Crippen molar-refractivity contribution in [2.24, 2.45) is 5.41 Å². The van der Waals surface area contributed by atoms with Gasteiger partial charge in [-0.25, -0.2) is 4.79 Å². The van der Waals surface area contributed by atoms with Crippen LogP contribution in [0.5, 0.6) is 0 Å². The predicted molar refractivity (Wildman–Crippen MR) is 46.2 cm³/mol. The summed E-state index contributed by atoms with van der Waals surface area (Å²) in [6.45, 7) is 5.97. The second-order valence-electron chi connectivity index (χ2n) is 3.96. The Labute approximate surface area is 77.8 Å². The Balaban J connectivity index is 2.80. The number of hydrogen-bond acceptors (Lipinski definition) is 4. The average Bonchev–Trinajstić information content (AvgIpc) is 2.28. The lowest BCUT2D eigenvalue weighted by Crippen LogP contribution is -2.51. The molecule has 1 saturated heterocycles. The van der Waals surface area contributed by atoms with Gasteiger partial charge in [-0.3, -0.25) is 0 Å². The molecule has 0 aromatic heterocycles. The molecule has 1 fully saturated rings.